The van der Waals surface area contributed by atoms with Crippen molar-refractivity contribution in [2.75, 3.05) is 17.2 Å². The standard InChI is InChI=1S/C34H37F3N6O2S/c1-22-19-23(2)30(24(3)20-22)43-25(4)16-18-46-33(43)40-32(44)38-17-6-5-7-26-8-10-27(11-9-26)31-39-21-42(41-31)28-12-14-29(15-13-28)45-34(35,36)37/h8-15,19-21,25H,5-7,16-18H2,1-4H3,(H,38,44). The molecule has 0 saturated carbocycles. The number of amides is 2. The van der Waals surface area contributed by atoms with Gasteiger partial charge in [0.1, 0.15) is 12.1 Å². The second kappa shape index (κ2) is 14.4. The Morgan fingerprint density at radius 3 is 2.41 bits per heavy atom. The normalized spacial score (nSPS) is 16.1. The number of anilines is 1. The summed E-state index contributed by atoms with van der Waals surface area (Å²) in [5.74, 6) is 1.14. The number of carbonyl (C=O) groups is 1. The van der Waals surface area contributed by atoms with Crippen molar-refractivity contribution >= 4 is 28.6 Å². The van der Waals surface area contributed by atoms with Gasteiger partial charge < -0.3 is 15.0 Å². The van der Waals surface area contributed by atoms with Crippen LogP contribution in [-0.2, 0) is 6.42 Å². The number of benzene rings is 3. The molecule has 2 amide bonds. The van der Waals surface area contributed by atoms with Crippen LogP contribution in [0.4, 0.5) is 23.7 Å². The van der Waals surface area contributed by atoms with Crippen LogP contribution < -0.4 is 15.0 Å². The molecule has 1 N–H and O–H groups in total. The predicted octanol–water partition coefficient (Wildman–Crippen LogP) is 8.18. The summed E-state index contributed by atoms with van der Waals surface area (Å²) in [6, 6.07) is 17.7. The van der Waals surface area contributed by atoms with Crippen LogP contribution in [0.15, 0.2) is 72.0 Å². The second-order valence-electron chi connectivity index (χ2n) is 11.4. The fourth-order valence-electron chi connectivity index (χ4n) is 5.58. The highest BCUT2D eigenvalue weighted by Crippen LogP contribution is 2.34. The van der Waals surface area contributed by atoms with Crippen molar-refractivity contribution in [3.8, 4) is 22.8 Å². The summed E-state index contributed by atoms with van der Waals surface area (Å²) in [4.78, 5) is 23.8. The number of urea groups is 1. The van der Waals surface area contributed by atoms with Gasteiger partial charge in [0.2, 0.25) is 0 Å². The van der Waals surface area contributed by atoms with Crippen molar-refractivity contribution < 1.29 is 22.7 Å². The maximum atomic E-state index is 12.8. The molecule has 5 rings (SSSR count). The molecule has 1 saturated heterocycles. The first-order chi connectivity index (χ1) is 22.0. The molecule has 46 heavy (non-hydrogen) atoms. The van der Waals surface area contributed by atoms with Crippen molar-refractivity contribution in [2.24, 2.45) is 4.99 Å². The van der Waals surface area contributed by atoms with Gasteiger partial charge in [0.15, 0.2) is 11.0 Å². The van der Waals surface area contributed by atoms with E-state index in [0.29, 0.717) is 18.1 Å². The lowest BCUT2D eigenvalue weighted by Crippen LogP contribution is -2.43. The summed E-state index contributed by atoms with van der Waals surface area (Å²) in [5, 5.41) is 8.16. The molecule has 1 atom stereocenters. The topological polar surface area (TPSA) is 84.6 Å². The minimum absolute atomic E-state index is 0.258. The zero-order chi connectivity index (χ0) is 32.8. The number of rotatable bonds is 9. The summed E-state index contributed by atoms with van der Waals surface area (Å²) < 4.78 is 42.6. The predicted molar refractivity (Wildman–Crippen MR) is 177 cm³/mol. The number of aliphatic imine (C=N–C) groups is 1. The smallest absolute Gasteiger partial charge is 0.406 e. The maximum Gasteiger partial charge on any atom is 0.573 e. The van der Waals surface area contributed by atoms with E-state index < -0.39 is 6.36 Å². The lowest BCUT2D eigenvalue weighted by Gasteiger charge is -2.37. The van der Waals surface area contributed by atoms with Gasteiger partial charge >= 0.3 is 12.4 Å². The first-order valence-electron chi connectivity index (χ1n) is 15.2. The Labute approximate surface area is 271 Å². The Morgan fingerprint density at radius 2 is 1.74 bits per heavy atom. The van der Waals surface area contributed by atoms with Gasteiger partial charge in [0, 0.05) is 29.6 Å². The number of amidine groups is 1. The van der Waals surface area contributed by atoms with Crippen molar-refractivity contribution in [2.45, 2.75) is 65.8 Å². The maximum absolute atomic E-state index is 12.8. The van der Waals surface area contributed by atoms with Gasteiger partial charge in [-0.15, -0.1) is 18.3 Å². The lowest BCUT2D eigenvalue weighted by atomic mass is 10.0. The second-order valence-corrected chi connectivity index (χ2v) is 12.5. The summed E-state index contributed by atoms with van der Waals surface area (Å²) in [6.07, 6.45) is 0.372. The van der Waals surface area contributed by atoms with E-state index in [1.807, 2.05) is 24.3 Å². The van der Waals surface area contributed by atoms with E-state index in [0.717, 1.165) is 53.4 Å². The van der Waals surface area contributed by atoms with Crippen LogP contribution in [0.5, 0.6) is 5.75 Å². The van der Waals surface area contributed by atoms with Crippen LogP contribution in [0.25, 0.3) is 17.1 Å². The first-order valence-corrected chi connectivity index (χ1v) is 16.2. The van der Waals surface area contributed by atoms with Crippen LogP contribution in [0.2, 0.25) is 0 Å². The minimum Gasteiger partial charge on any atom is -0.406 e. The van der Waals surface area contributed by atoms with Gasteiger partial charge in [0.25, 0.3) is 0 Å². The number of aromatic nitrogens is 3. The van der Waals surface area contributed by atoms with Gasteiger partial charge in [-0.1, -0.05) is 53.7 Å². The van der Waals surface area contributed by atoms with Crippen LogP contribution >= 0.6 is 11.8 Å². The number of halogens is 3. The number of carbonyl (C=O) groups excluding carboxylic acids is 1. The van der Waals surface area contributed by atoms with Gasteiger partial charge in [-0.2, -0.15) is 4.99 Å². The molecule has 242 valence electrons. The molecule has 2 heterocycles. The average molecular weight is 651 g/mol. The Hall–Kier alpha value is -4.32. The highest BCUT2D eigenvalue weighted by atomic mass is 32.2. The van der Waals surface area contributed by atoms with Crippen molar-refractivity contribution in [1.29, 1.82) is 0 Å². The molecule has 0 radical (unpaired) electrons. The SMILES string of the molecule is Cc1cc(C)c(N2C(=NC(=O)NCCCCc3ccc(-c4ncn(-c5ccc(OC(F)(F)F)cc5)n4)cc3)SCCC2C)c(C)c1. The van der Waals surface area contributed by atoms with Gasteiger partial charge in [-0.3, -0.25) is 0 Å². The molecule has 0 bridgehead atoms. The van der Waals surface area contributed by atoms with Gasteiger partial charge in [-0.25, -0.2) is 14.5 Å². The number of alkyl halides is 3. The highest BCUT2D eigenvalue weighted by Gasteiger charge is 2.31. The van der Waals surface area contributed by atoms with E-state index in [1.54, 1.807) is 11.8 Å². The summed E-state index contributed by atoms with van der Waals surface area (Å²) >= 11 is 1.63. The Balaban J connectivity index is 1.10. The van der Waals surface area contributed by atoms with E-state index in [1.165, 1.54) is 52.0 Å². The van der Waals surface area contributed by atoms with Crippen LogP contribution in [0, 0.1) is 20.8 Å². The Kier molecular flexibility index (Phi) is 10.4. The molecule has 3 aromatic carbocycles. The monoisotopic (exact) mass is 650 g/mol. The molecule has 12 heteroatoms. The van der Waals surface area contributed by atoms with Crippen LogP contribution in [0.3, 0.4) is 0 Å². The minimum atomic E-state index is -4.74. The molecular formula is C34H37F3N6O2S. The number of thioether (sulfide) groups is 1. The zero-order valence-corrected chi connectivity index (χ0v) is 27.1. The third-order valence-electron chi connectivity index (χ3n) is 7.69. The number of aryl methyl sites for hydroxylation is 4. The molecule has 0 aliphatic carbocycles. The molecular weight excluding hydrogens is 613 g/mol. The molecule has 1 aliphatic rings. The quantitative estimate of drug-likeness (QED) is 0.184. The van der Waals surface area contributed by atoms with E-state index in [-0.39, 0.29) is 17.8 Å². The Morgan fingerprint density at radius 1 is 1.04 bits per heavy atom. The molecule has 0 spiro atoms. The average Bonchev–Trinajstić information content (AvgIpc) is 3.48. The zero-order valence-electron chi connectivity index (χ0n) is 26.3. The summed E-state index contributed by atoms with van der Waals surface area (Å²) in [7, 11) is 0. The van der Waals surface area contributed by atoms with E-state index in [2.05, 4.69) is 69.9 Å². The fourth-order valence-corrected chi connectivity index (χ4v) is 6.78. The molecule has 4 aromatic rings. The van der Waals surface area contributed by atoms with E-state index in [4.69, 9.17) is 0 Å². The highest BCUT2D eigenvalue weighted by molar-refractivity contribution is 8.14. The number of unbranched alkanes of at least 4 members (excludes halogenated alkanes) is 1. The third kappa shape index (κ3) is 8.48. The lowest BCUT2D eigenvalue weighted by molar-refractivity contribution is -0.274. The number of nitrogens with zero attached hydrogens (tertiary/aromatic N) is 5. The van der Waals surface area contributed by atoms with Crippen molar-refractivity contribution in [1.82, 2.24) is 20.1 Å². The number of hydrogen-bond acceptors (Lipinski definition) is 5. The number of ether oxygens (including phenoxy) is 1. The first kappa shape index (κ1) is 33.1. The largest absolute Gasteiger partial charge is 0.573 e. The molecule has 1 aliphatic heterocycles. The van der Waals surface area contributed by atoms with Crippen molar-refractivity contribution in [3.63, 3.8) is 0 Å². The van der Waals surface area contributed by atoms with Gasteiger partial charge in [0.05, 0.1) is 5.69 Å². The van der Waals surface area contributed by atoms with Crippen LogP contribution in [0.1, 0.15) is 48.4 Å². The fraction of sp³-hybridized carbons (Fsp3) is 0.353. The number of hydrogen-bond donors (Lipinski definition) is 1. The summed E-state index contributed by atoms with van der Waals surface area (Å²) in [5.41, 5.74) is 7.27. The molecule has 1 unspecified atom stereocenters. The number of nitrogens with one attached hydrogen (secondary N) is 1. The third-order valence-corrected chi connectivity index (χ3v) is 8.68. The Bertz CT molecular complexity index is 1660. The van der Waals surface area contributed by atoms with Crippen LogP contribution in [-0.4, -0.2) is 50.7 Å². The van der Waals surface area contributed by atoms with Crippen molar-refractivity contribution in [3.05, 3.63) is 89.2 Å². The van der Waals surface area contributed by atoms with E-state index in [9.17, 15) is 18.0 Å². The summed E-state index contributed by atoms with van der Waals surface area (Å²) in [6.45, 7) is 9.05. The molecule has 8 nitrogen and oxygen atoms in total. The molecule has 1 aromatic heterocycles. The van der Waals surface area contributed by atoms with E-state index >= 15 is 0 Å². The molecule has 1 fully saturated rings. The van der Waals surface area contributed by atoms with Gasteiger partial charge in [-0.05, 0) is 94.3 Å².